The van der Waals surface area contributed by atoms with Crippen molar-refractivity contribution in [3.05, 3.63) is 65.7 Å². The number of rotatable bonds is 2. The molecular weight excluding hydrogens is 282 g/mol. The summed E-state index contributed by atoms with van der Waals surface area (Å²) in [5.41, 5.74) is 2.11. The summed E-state index contributed by atoms with van der Waals surface area (Å²) in [5.74, 6) is -0.339. The molecule has 0 aliphatic rings. The highest BCUT2D eigenvalue weighted by Gasteiger charge is 2.15. The van der Waals surface area contributed by atoms with Crippen LogP contribution in [0, 0.1) is 18.4 Å². The predicted molar refractivity (Wildman–Crippen MR) is 85.8 cm³/mol. The van der Waals surface area contributed by atoms with E-state index in [1.54, 1.807) is 30.3 Å². The molecule has 0 radical (unpaired) electrons. The number of amides is 1. The van der Waals surface area contributed by atoms with Crippen molar-refractivity contribution < 1.29 is 4.79 Å². The zero-order valence-corrected chi connectivity index (χ0v) is 12.2. The van der Waals surface area contributed by atoms with Gasteiger partial charge in [-0.1, -0.05) is 30.3 Å². The number of thiocarbonyl (C=S) groups is 1. The molecule has 0 heterocycles. The van der Waals surface area contributed by atoms with Crippen LogP contribution in [0.1, 0.15) is 15.9 Å². The van der Waals surface area contributed by atoms with Gasteiger partial charge < -0.3 is 0 Å². The van der Waals surface area contributed by atoms with Crippen LogP contribution in [-0.2, 0) is 0 Å². The largest absolute Gasteiger partial charge is 0.298 e. The number of nitriles is 1. The van der Waals surface area contributed by atoms with E-state index in [2.05, 4.69) is 5.32 Å². The molecule has 0 unspecified atom stereocenters. The molecule has 0 bridgehead atoms. The Hall–Kier alpha value is -2.71. The Morgan fingerprint density at radius 3 is 2.52 bits per heavy atom. The van der Waals surface area contributed by atoms with E-state index < -0.39 is 0 Å². The molecule has 0 aliphatic heterocycles. The third-order valence-electron chi connectivity index (χ3n) is 2.82. The summed E-state index contributed by atoms with van der Waals surface area (Å²) in [6, 6.07) is 16.1. The molecule has 4 nitrogen and oxygen atoms in total. The van der Waals surface area contributed by atoms with Gasteiger partial charge in [0.25, 0.3) is 5.91 Å². The molecular formula is C16H13N3OS. The first-order chi connectivity index (χ1) is 10.1. The lowest BCUT2D eigenvalue weighted by Gasteiger charge is -2.17. The van der Waals surface area contributed by atoms with Gasteiger partial charge in [0.15, 0.2) is 11.3 Å². The van der Waals surface area contributed by atoms with Crippen LogP contribution < -0.4 is 10.2 Å². The summed E-state index contributed by atoms with van der Waals surface area (Å²) in [5, 5.41) is 11.9. The molecule has 0 atom stereocenters. The third-order valence-corrected chi connectivity index (χ3v) is 3.10. The van der Waals surface area contributed by atoms with Gasteiger partial charge in [0.2, 0.25) is 0 Å². The Bertz CT molecular complexity index is 707. The average Bonchev–Trinajstić information content (AvgIpc) is 2.49. The number of carbonyl (C=O) groups excluding carboxylic acids is 1. The number of aryl methyl sites for hydroxylation is 1. The van der Waals surface area contributed by atoms with E-state index in [1.165, 1.54) is 4.90 Å². The van der Waals surface area contributed by atoms with Crippen molar-refractivity contribution in [1.82, 2.24) is 5.32 Å². The van der Waals surface area contributed by atoms with Gasteiger partial charge in [0, 0.05) is 5.56 Å². The maximum atomic E-state index is 12.0. The van der Waals surface area contributed by atoms with Crippen LogP contribution in [0.25, 0.3) is 0 Å². The van der Waals surface area contributed by atoms with Crippen molar-refractivity contribution in [2.24, 2.45) is 0 Å². The van der Waals surface area contributed by atoms with Gasteiger partial charge in [-0.15, -0.1) is 0 Å². The number of hydrogen-bond donors (Lipinski definition) is 1. The van der Waals surface area contributed by atoms with Crippen LogP contribution in [0.3, 0.4) is 0 Å². The quantitative estimate of drug-likeness (QED) is 0.526. The molecule has 104 valence electrons. The second-order valence-electron chi connectivity index (χ2n) is 4.40. The second kappa shape index (κ2) is 6.64. The summed E-state index contributed by atoms with van der Waals surface area (Å²) in [4.78, 5) is 13.3. The number of nitrogens with one attached hydrogen (secondary N) is 1. The minimum Gasteiger partial charge on any atom is -0.298 e. The highest BCUT2D eigenvalue weighted by molar-refractivity contribution is 7.80. The molecule has 0 spiro atoms. The first kappa shape index (κ1) is 14.7. The van der Waals surface area contributed by atoms with Crippen LogP contribution in [0.2, 0.25) is 0 Å². The van der Waals surface area contributed by atoms with Crippen molar-refractivity contribution in [1.29, 1.82) is 5.26 Å². The Balaban J connectivity index is 2.15. The molecule has 5 heteroatoms. The molecule has 1 amide bonds. The number of anilines is 1. The summed E-state index contributed by atoms with van der Waals surface area (Å²) < 4.78 is 0. The summed E-state index contributed by atoms with van der Waals surface area (Å²) in [6.45, 7) is 1.92. The van der Waals surface area contributed by atoms with Gasteiger partial charge in [-0.3, -0.25) is 10.1 Å². The number of nitrogens with zero attached hydrogens (tertiary/aromatic N) is 2. The molecule has 0 saturated carbocycles. The van der Waals surface area contributed by atoms with Crippen molar-refractivity contribution >= 4 is 28.9 Å². The van der Waals surface area contributed by atoms with Crippen LogP contribution in [0.5, 0.6) is 0 Å². The topological polar surface area (TPSA) is 56.1 Å². The fourth-order valence-corrected chi connectivity index (χ4v) is 2.04. The third kappa shape index (κ3) is 3.65. The summed E-state index contributed by atoms with van der Waals surface area (Å²) in [7, 11) is 0. The van der Waals surface area contributed by atoms with Crippen molar-refractivity contribution in [2.45, 2.75) is 6.92 Å². The lowest BCUT2D eigenvalue weighted by atomic mass is 10.2. The molecule has 2 aromatic carbocycles. The monoisotopic (exact) mass is 295 g/mol. The Labute approximate surface area is 128 Å². The predicted octanol–water partition coefficient (Wildman–Crippen LogP) is 3.00. The SMILES string of the molecule is Cc1cccc(N(C#N)C(=S)NC(=O)c2ccccc2)c1. The van der Waals surface area contributed by atoms with Crippen molar-refractivity contribution in [2.75, 3.05) is 4.90 Å². The molecule has 2 rings (SSSR count). The highest BCUT2D eigenvalue weighted by Crippen LogP contribution is 2.15. The van der Waals surface area contributed by atoms with Gasteiger partial charge in [0.1, 0.15) is 0 Å². The van der Waals surface area contributed by atoms with Crippen molar-refractivity contribution in [3.8, 4) is 6.19 Å². The van der Waals surface area contributed by atoms with E-state index >= 15 is 0 Å². The summed E-state index contributed by atoms with van der Waals surface area (Å²) >= 11 is 5.15. The smallest absolute Gasteiger partial charge is 0.257 e. The zero-order valence-electron chi connectivity index (χ0n) is 11.4. The minimum atomic E-state index is -0.339. The Morgan fingerprint density at radius 1 is 1.19 bits per heavy atom. The standard InChI is InChI=1S/C16H13N3OS/c1-12-6-5-9-14(10-12)19(11-17)16(21)18-15(20)13-7-3-2-4-8-13/h2-10H,1H3,(H,18,20,21). The van der Waals surface area contributed by atoms with E-state index in [-0.39, 0.29) is 11.0 Å². The molecule has 21 heavy (non-hydrogen) atoms. The molecule has 2 aromatic rings. The van der Waals surface area contributed by atoms with Crippen molar-refractivity contribution in [3.63, 3.8) is 0 Å². The molecule has 0 fully saturated rings. The van der Waals surface area contributed by atoms with E-state index in [9.17, 15) is 10.1 Å². The first-order valence-electron chi connectivity index (χ1n) is 6.28. The minimum absolute atomic E-state index is 0.0527. The fourth-order valence-electron chi connectivity index (χ4n) is 1.80. The Kier molecular flexibility index (Phi) is 4.64. The average molecular weight is 295 g/mol. The normalized spacial score (nSPS) is 9.52. The van der Waals surface area contributed by atoms with Crippen LogP contribution >= 0.6 is 12.2 Å². The van der Waals surface area contributed by atoms with Crippen LogP contribution in [0.15, 0.2) is 54.6 Å². The van der Waals surface area contributed by atoms with E-state index in [0.29, 0.717) is 11.3 Å². The number of benzene rings is 2. The number of hydrogen-bond acceptors (Lipinski definition) is 3. The lowest BCUT2D eigenvalue weighted by Crippen LogP contribution is -2.40. The molecule has 0 aromatic heterocycles. The molecule has 1 N–H and O–H groups in total. The number of carbonyl (C=O) groups is 1. The van der Waals surface area contributed by atoms with Crippen LogP contribution in [-0.4, -0.2) is 11.0 Å². The fraction of sp³-hybridized carbons (Fsp3) is 0.0625. The maximum Gasteiger partial charge on any atom is 0.257 e. The molecule has 0 aliphatic carbocycles. The Morgan fingerprint density at radius 2 is 1.90 bits per heavy atom. The van der Waals surface area contributed by atoms with Gasteiger partial charge in [-0.25, -0.2) is 4.90 Å². The first-order valence-corrected chi connectivity index (χ1v) is 6.69. The van der Waals surface area contributed by atoms with Gasteiger partial charge >= 0.3 is 0 Å². The van der Waals surface area contributed by atoms with E-state index in [0.717, 1.165) is 5.56 Å². The van der Waals surface area contributed by atoms with Crippen LogP contribution in [0.4, 0.5) is 5.69 Å². The van der Waals surface area contributed by atoms with Gasteiger partial charge in [-0.2, -0.15) is 5.26 Å². The van der Waals surface area contributed by atoms with Gasteiger partial charge in [0.05, 0.1) is 5.69 Å². The second-order valence-corrected chi connectivity index (χ2v) is 4.79. The highest BCUT2D eigenvalue weighted by atomic mass is 32.1. The lowest BCUT2D eigenvalue weighted by molar-refractivity contribution is 0.0977. The zero-order chi connectivity index (χ0) is 15.2. The van der Waals surface area contributed by atoms with E-state index in [1.807, 2.05) is 37.4 Å². The molecule has 0 saturated heterocycles. The summed E-state index contributed by atoms with van der Waals surface area (Å²) in [6.07, 6.45) is 1.98. The maximum absolute atomic E-state index is 12.0. The van der Waals surface area contributed by atoms with Gasteiger partial charge in [-0.05, 0) is 49.0 Å². The van der Waals surface area contributed by atoms with E-state index in [4.69, 9.17) is 12.2 Å².